The highest BCUT2D eigenvalue weighted by Crippen LogP contribution is 2.40. The highest BCUT2D eigenvalue weighted by Gasteiger charge is 2.24. The van der Waals surface area contributed by atoms with Crippen LogP contribution in [0.25, 0.3) is 22.3 Å². The molecule has 2 aromatic heterocycles. The van der Waals surface area contributed by atoms with Crippen LogP contribution in [-0.4, -0.2) is 46.9 Å². The van der Waals surface area contributed by atoms with Crippen LogP contribution in [0.2, 0.25) is 5.02 Å². The van der Waals surface area contributed by atoms with Crippen LogP contribution in [-0.2, 0) is 4.79 Å². The summed E-state index contributed by atoms with van der Waals surface area (Å²) in [4.78, 5) is 24.2. The maximum atomic E-state index is 12.1. The number of aromatic amines is 1. The predicted octanol–water partition coefficient (Wildman–Crippen LogP) is 3.54. The number of fused-ring (bicyclic) bond motifs is 1. The Labute approximate surface area is 181 Å². The highest BCUT2D eigenvalue weighted by molar-refractivity contribution is 7.99. The lowest BCUT2D eigenvalue weighted by molar-refractivity contribution is -0.118. The molecule has 0 saturated heterocycles. The van der Waals surface area contributed by atoms with E-state index in [4.69, 9.17) is 21.1 Å². The Hall–Kier alpha value is -2.96. The van der Waals surface area contributed by atoms with Gasteiger partial charge in [-0.15, -0.1) is 0 Å². The van der Waals surface area contributed by atoms with Crippen molar-refractivity contribution < 1.29 is 14.3 Å². The van der Waals surface area contributed by atoms with Crippen LogP contribution >= 0.6 is 23.4 Å². The first-order valence-corrected chi connectivity index (χ1v) is 10.5. The van der Waals surface area contributed by atoms with Gasteiger partial charge in [-0.2, -0.15) is 5.26 Å². The Balaban J connectivity index is 1.78. The second kappa shape index (κ2) is 8.42. The number of ether oxygens (including phenoxy) is 2. The number of rotatable bonds is 7. The normalized spacial score (nSPS) is 13.1. The van der Waals surface area contributed by atoms with Gasteiger partial charge in [-0.3, -0.25) is 4.79 Å². The Bertz CT molecular complexity index is 1170. The topological polar surface area (TPSA) is 113 Å². The van der Waals surface area contributed by atoms with Gasteiger partial charge in [0, 0.05) is 23.9 Å². The van der Waals surface area contributed by atoms with Crippen molar-refractivity contribution in [3.63, 3.8) is 0 Å². The Morgan fingerprint density at radius 2 is 2.07 bits per heavy atom. The molecule has 2 heterocycles. The van der Waals surface area contributed by atoms with Crippen LogP contribution in [0.1, 0.15) is 18.4 Å². The zero-order chi connectivity index (χ0) is 21.3. The van der Waals surface area contributed by atoms with Gasteiger partial charge in [-0.25, -0.2) is 9.97 Å². The summed E-state index contributed by atoms with van der Waals surface area (Å²) in [5, 5.41) is 13.8. The number of methoxy groups -OCH3 is 2. The first kappa shape index (κ1) is 20.3. The van der Waals surface area contributed by atoms with E-state index in [9.17, 15) is 10.1 Å². The van der Waals surface area contributed by atoms with Crippen LogP contribution in [0.3, 0.4) is 0 Å². The van der Waals surface area contributed by atoms with Gasteiger partial charge in [-0.1, -0.05) is 23.4 Å². The van der Waals surface area contributed by atoms with Gasteiger partial charge in [0.15, 0.2) is 16.7 Å². The Morgan fingerprint density at radius 3 is 2.73 bits per heavy atom. The standard InChI is InChI=1S/C20H18ClN5O3S/c1-28-14-5-12(13(21)6-15(14)29-2)18-17-10(7-22)8-23-19(17)26-20(25-18)30-9-16(27)24-11-3-4-11/h5-6,8,11H,3-4,9H2,1-2H3,(H,24,27)(H,23,25,26). The maximum absolute atomic E-state index is 12.1. The molecule has 1 saturated carbocycles. The number of nitrogens with one attached hydrogen (secondary N) is 2. The van der Waals surface area contributed by atoms with E-state index in [1.807, 2.05) is 0 Å². The van der Waals surface area contributed by atoms with Crippen LogP contribution < -0.4 is 14.8 Å². The van der Waals surface area contributed by atoms with Crippen molar-refractivity contribution in [2.45, 2.75) is 24.0 Å². The third-order valence-electron chi connectivity index (χ3n) is 4.63. The van der Waals surface area contributed by atoms with Crippen molar-refractivity contribution in [3.8, 4) is 28.8 Å². The summed E-state index contributed by atoms with van der Waals surface area (Å²) < 4.78 is 10.7. The molecule has 0 unspecified atom stereocenters. The number of hydrogen-bond donors (Lipinski definition) is 2. The summed E-state index contributed by atoms with van der Waals surface area (Å²) >= 11 is 7.74. The molecule has 10 heteroatoms. The fraction of sp³-hybridized carbons (Fsp3) is 0.300. The van der Waals surface area contributed by atoms with Crippen LogP contribution in [0.15, 0.2) is 23.5 Å². The minimum Gasteiger partial charge on any atom is -0.493 e. The number of nitriles is 1. The highest BCUT2D eigenvalue weighted by atomic mass is 35.5. The predicted molar refractivity (Wildman–Crippen MR) is 114 cm³/mol. The van der Waals surface area contributed by atoms with Gasteiger partial charge in [0.05, 0.1) is 41.6 Å². The molecule has 154 valence electrons. The van der Waals surface area contributed by atoms with E-state index in [0.717, 1.165) is 12.8 Å². The van der Waals surface area contributed by atoms with Gasteiger partial charge in [0.25, 0.3) is 0 Å². The summed E-state index contributed by atoms with van der Waals surface area (Å²) in [6.45, 7) is 0. The van der Waals surface area contributed by atoms with E-state index in [0.29, 0.717) is 55.6 Å². The molecule has 2 N–H and O–H groups in total. The minimum atomic E-state index is -0.0545. The molecule has 0 bridgehead atoms. The lowest BCUT2D eigenvalue weighted by Gasteiger charge is -2.13. The number of carbonyl (C=O) groups excluding carboxylic acids is 1. The number of benzene rings is 1. The number of thioether (sulfide) groups is 1. The first-order valence-electron chi connectivity index (χ1n) is 9.17. The molecule has 3 aromatic rings. The molecule has 1 aromatic carbocycles. The zero-order valence-electron chi connectivity index (χ0n) is 16.3. The molecule has 1 fully saturated rings. The van der Waals surface area contributed by atoms with Crippen molar-refractivity contribution in [2.75, 3.05) is 20.0 Å². The molecule has 1 aliphatic rings. The lowest BCUT2D eigenvalue weighted by atomic mass is 10.1. The number of carbonyl (C=O) groups is 1. The van der Waals surface area contributed by atoms with Gasteiger partial charge >= 0.3 is 0 Å². The molecular formula is C20H18ClN5O3S. The SMILES string of the molecule is COc1cc(Cl)c(-c2nc(SCC(=O)NC3CC3)nc3[nH]cc(C#N)c23)cc1OC. The van der Waals surface area contributed by atoms with Crippen molar-refractivity contribution in [1.82, 2.24) is 20.3 Å². The third-order valence-corrected chi connectivity index (χ3v) is 5.79. The van der Waals surface area contributed by atoms with E-state index >= 15 is 0 Å². The summed E-state index contributed by atoms with van der Waals surface area (Å²) in [6.07, 6.45) is 3.63. The first-order chi connectivity index (χ1) is 14.5. The molecule has 0 atom stereocenters. The van der Waals surface area contributed by atoms with Gasteiger partial charge in [0.2, 0.25) is 5.91 Å². The fourth-order valence-corrected chi connectivity index (χ4v) is 3.92. The summed E-state index contributed by atoms with van der Waals surface area (Å²) in [7, 11) is 3.06. The summed E-state index contributed by atoms with van der Waals surface area (Å²) in [6, 6.07) is 5.79. The van der Waals surface area contributed by atoms with Crippen molar-refractivity contribution in [3.05, 3.63) is 28.9 Å². The largest absolute Gasteiger partial charge is 0.493 e. The van der Waals surface area contributed by atoms with Crippen LogP contribution in [0.4, 0.5) is 0 Å². The maximum Gasteiger partial charge on any atom is 0.230 e. The van der Waals surface area contributed by atoms with Crippen LogP contribution in [0.5, 0.6) is 11.5 Å². The van der Waals surface area contributed by atoms with Gasteiger partial charge in [0.1, 0.15) is 11.7 Å². The van der Waals surface area contributed by atoms with E-state index in [2.05, 4.69) is 26.3 Å². The number of H-pyrrole nitrogens is 1. The summed E-state index contributed by atoms with van der Waals surface area (Å²) in [5.74, 6) is 1.11. The molecule has 0 radical (unpaired) electrons. The molecule has 1 aliphatic carbocycles. The average Bonchev–Trinajstić information content (AvgIpc) is 3.47. The molecule has 4 rings (SSSR count). The van der Waals surface area contributed by atoms with Gasteiger partial charge < -0.3 is 19.8 Å². The molecule has 30 heavy (non-hydrogen) atoms. The molecule has 0 spiro atoms. The van der Waals surface area contributed by atoms with Gasteiger partial charge in [-0.05, 0) is 18.9 Å². The second-order valence-electron chi connectivity index (χ2n) is 6.71. The quantitative estimate of drug-likeness (QED) is 0.424. The van der Waals surface area contributed by atoms with E-state index in [1.165, 1.54) is 26.0 Å². The number of amides is 1. The summed E-state index contributed by atoms with van der Waals surface area (Å²) in [5.41, 5.74) is 1.94. The number of hydrogen-bond acceptors (Lipinski definition) is 7. The molecule has 0 aliphatic heterocycles. The Morgan fingerprint density at radius 1 is 1.33 bits per heavy atom. The molecular weight excluding hydrogens is 426 g/mol. The monoisotopic (exact) mass is 443 g/mol. The molecule has 8 nitrogen and oxygen atoms in total. The van der Waals surface area contributed by atoms with E-state index < -0.39 is 0 Å². The minimum absolute atomic E-state index is 0.0545. The number of halogens is 1. The fourth-order valence-electron chi connectivity index (χ4n) is 3.02. The second-order valence-corrected chi connectivity index (χ2v) is 8.06. The lowest BCUT2D eigenvalue weighted by Crippen LogP contribution is -2.27. The number of nitrogens with zero attached hydrogens (tertiary/aromatic N) is 3. The number of aromatic nitrogens is 3. The average molecular weight is 444 g/mol. The van der Waals surface area contributed by atoms with Crippen molar-refractivity contribution in [1.29, 1.82) is 5.26 Å². The third kappa shape index (κ3) is 4.01. The Kier molecular flexibility index (Phi) is 5.70. The van der Waals surface area contributed by atoms with Crippen LogP contribution in [0, 0.1) is 11.3 Å². The van der Waals surface area contributed by atoms with Crippen molar-refractivity contribution in [2.24, 2.45) is 0 Å². The van der Waals surface area contributed by atoms with E-state index in [-0.39, 0.29) is 11.7 Å². The van der Waals surface area contributed by atoms with Crippen molar-refractivity contribution >= 4 is 40.3 Å². The smallest absolute Gasteiger partial charge is 0.230 e. The zero-order valence-corrected chi connectivity index (χ0v) is 17.9. The van der Waals surface area contributed by atoms with E-state index in [1.54, 1.807) is 18.3 Å². The molecule has 1 amide bonds.